The Kier molecular flexibility index (Phi) is 4.28. The molecule has 0 atom stereocenters. The van der Waals surface area contributed by atoms with E-state index in [0.29, 0.717) is 12.8 Å². The third-order valence-electron chi connectivity index (χ3n) is 3.72. The maximum atomic E-state index is 5.39. The van der Waals surface area contributed by atoms with Crippen molar-refractivity contribution in [2.45, 2.75) is 25.3 Å². The predicted octanol–water partition coefficient (Wildman–Crippen LogP) is 1.84. The normalized spacial score (nSPS) is 17.3. The Morgan fingerprint density at radius 3 is 2.86 bits per heavy atom. The number of aliphatic imine (C=N–C) groups is 1. The Balaban J connectivity index is 1.46. The van der Waals surface area contributed by atoms with Crippen LogP contribution in [0.1, 0.15) is 18.4 Å². The average Bonchev–Trinajstić information content (AvgIpc) is 3.16. The lowest BCUT2D eigenvalue weighted by Crippen LogP contribution is -2.43. The van der Waals surface area contributed by atoms with Crippen LogP contribution in [0, 0.1) is 0 Å². The van der Waals surface area contributed by atoms with E-state index < -0.39 is 0 Å². The van der Waals surface area contributed by atoms with E-state index in [1.54, 1.807) is 7.05 Å². The zero-order valence-electron chi connectivity index (χ0n) is 12.3. The van der Waals surface area contributed by atoms with Crippen LogP contribution in [0.25, 0.3) is 0 Å². The Labute approximate surface area is 125 Å². The summed E-state index contributed by atoms with van der Waals surface area (Å²) < 4.78 is 10.7. The van der Waals surface area contributed by atoms with Crippen LogP contribution in [0.5, 0.6) is 11.5 Å². The number of benzene rings is 1. The molecule has 5 nitrogen and oxygen atoms in total. The molecule has 1 aliphatic heterocycles. The average molecular weight is 287 g/mol. The number of rotatable bonds is 4. The van der Waals surface area contributed by atoms with Gasteiger partial charge < -0.3 is 20.1 Å². The van der Waals surface area contributed by atoms with E-state index >= 15 is 0 Å². The molecule has 2 aliphatic rings. The van der Waals surface area contributed by atoms with Crippen molar-refractivity contribution in [2.75, 3.05) is 20.4 Å². The molecule has 0 bridgehead atoms. The summed E-state index contributed by atoms with van der Waals surface area (Å²) in [5, 5.41) is 6.78. The Hall–Kier alpha value is -2.17. The zero-order chi connectivity index (χ0) is 14.5. The minimum Gasteiger partial charge on any atom is -0.454 e. The first-order chi connectivity index (χ1) is 10.3. The summed E-state index contributed by atoms with van der Waals surface area (Å²) in [4.78, 5) is 4.26. The van der Waals surface area contributed by atoms with Crippen molar-refractivity contribution >= 4 is 5.96 Å². The number of nitrogens with zero attached hydrogens (tertiary/aromatic N) is 1. The zero-order valence-corrected chi connectivity index (χ0v) is 12.3. The monoisotopic (exact) mass is 287 g/mol. The molecule has 112 valence electrons. The van der Waals surface area contributed by atoms with Crippen molar-refractivity contribution in [3.05, 3.63) is 35.9 Å². The maximum Gasteiger partial charge on any atom is 0.231 e. The van der Waals surface area contributed by atoms with Crippen LogP contribution in [0.3, 0.4) is 0 Å². The van der Waals surface area contributed by atoms with E-state index in [0.717, 1.165) is 43.3 Å². The fourth-order valence-corrected chi connectivity index (χ4v) is 2.54. The van der Waals surface area contributed by atoms with Gasteiger partial charge in [0.15, 0.2) is 17.5 Å². The van der Waals surface area contributed by atoms with Gasteiger partial charge in [0.25, 0.3) is 0 Å². The van der Waals surface area contributed by atoms with Gasteiger partial charge in [0.2, 0.25) is 6.79 Å². The molecule has 0 fully saturated rings. The molecular weight excluding hydrogens is 266 g/mol. The summed E-state index contributed by atoms with van der Waals surface area (Å²) in [5.74, 6) is 2.54. The summed E-state index contributed by atoms with van der Waals surface area (Å²) in [7, 11) is 1.80. The largest absolute Gasteiger partial charge is 0.454 e. The van der Waals surface area contributed by atoms with Gasteiger partial charge in [0.1, 0.15) is 0 Å². The molecule has 0 saturated heterocycles. The third-order valence-corrected chi connectivity index (χ3v) is 3.72. The molecule has 1 aromatic carbocycles. The van der Waals surface area contributed by atoms with Crippen molar-refractivity contribution in [3.8, 4) is 11.5 Å². The Morgan fingerprint density at radius 2 is 2.05 bits per heavy atom. The van der Waals surface area contributed by atoms with E-state index in [9.17, 15) is 0 Å². The van der Waals surface area contributed by atoms with Crippen LogP contribution in [-0.2, 0) is 6.42 Å². The Morgan fingerprint density at radius 1 is 1.24 bits per heavy atom. The molecule has 2 N–H and O–H groups in total. The first-order valence-electron chi connectivity index (χ1n) is 7.36. The quantitative estimate of drug-likeness (QED) is 0.504. The summed E-state index contributed by atoms with van der Waals surface area (Å²) in [6.07, 6.45) is 7.47. The third kappa shape index (κ3) is 3.48. The molecule has 1 aromatic rings. The SMILES string of the molecule is CN=C(NCCc1ccc2c(c1)OCO2)NC1CC=CC1. The molecular formula is C16H21N3O2. The molecule has 0 spiro atoms. The van der Waals surface area contributed by atoms with Crippen molar-refractivity contribution < 1.29 is 9.47 Å². The molecule has 0 amide bonds. The van der Waals surface area contributed by atoms with Gasteiger partial charge in [-0.15, -0.1) is 0 Å². The van der Waals surface area contributed by atoms with Crippen LogP contribution in [0.4, 0.5) is 0 Å². The second-order valence-corrected chi connectivity index (χ2v) is 5.22. The predicted molar refractivity (Wildman–Crippen MR) is 82.9 cm³/mol. The number of hydrogen-bond acceptors (Lipinski definition) is 3. The van der Waals surface area contributed by atoms with Crippen molar-refractivity contribution in [3.63, 3.8) is 0 Å². The summed E-state index contributed by atoms with van der Waals surface area (Å²) in [6, 6.07) is 6.56. The first kappa shape index (κ1) is 13.8. The fourth-order valence-electron chi connectivity index (χ4n) is 2.54. The molecule has 1 aliphatic carbocycles. The fraction of sp³-hybridized carbons (Fsp3) is 0.438. The Bertz CT molecular complexity index is 546. The molecule has 0 unspecified atom stereocenters. The van der Waals surface area contributed by atoms with Gasteiger partial charge in [-0.1, -0.05) is 18.2 Å². The number of guanidine groups is 1. The van der Waals surface area contributed by atoms with E-state index in [1.165, 1.54) is 5.56 Å². The highest BCUT2D eigenvalue weighted by atomic mass is 16.7. The van der Waals surface area contributed by atoms with E-state index in [-0.39, 0.29) is 0 Å². The molecule has 0 saturated carbocycles. The van der Waals surface area contributed by atoms with Gasteiger partial charge in [0.05, 0.1) is 0 Å². The van der Waals surface area contributed by atoms with Gasteiger partial charge in [-0.05, 0) is 37.0 Å². The number of fused-ring (bicyclic) bond motifs is 1. The molecule has 0 radical (unpaired) electrons. The highest BCUT2D eigenvalue weighted by molar-refractivity contribution is 5.80. The van der Waals surface area contributed by atoms with Gasteiger partial charge in [-0.2, -0.15) is 0 Å². The highest BCUT2D eigenvalue weighted by Gasteiger charge is 2.13. The summed E-state index contributed by atoms with van der Waals surface area (Å²) in [6.45, 7) is 1.16. The summed E-state index contributed by atoms with van der Waals surface area (Å²) >= 11 is 0. The molecule has 3 rings (SSSR count). The molecule has 21 heavy (non-hydrogen) atoms. The first-order valence-corrected chi connectivity index (χ1v) is 7.36. The summed E-state index contributed by atoms with van der Waals surface area (Å²) in [5.41, 5.74) is 1.23. The van der Waals surface area contributed by atoms with Crippen molar-refractivity contribution in [1.82, 2.24) is 10.6 Å². The number of hydrogen-bond donors (Lipinski definition) is 2. The van der Waals surface area contributed by atoms with Crippen LogP contribution in [0.2, 0.25) is 0 Å². The van der Waals surface area contributed by atoms with Crippen molar-refractivity contribution in [1.29, 1.82) is 0 Å². The minimum atomic E-state index is 0.322. The van der Waals surface area contributed by atoms with E-state index in [1.807, 2.05) is 12.1 Å². The van der Waals surface area contributed by atoms with Gasteiger partial charge in [-0.3, -0.25) is 4.99 Å². The topological polar surface area (TPSA) is 54.9 Å². The highest BCUT2D eigenvalue weighted by Crippen LogP contribution is 2.32. The second kappa shape index (κ2) is 6.52. The lowest BCUT2D eigenvalue weighted by molar-refractivity contribution is 0.174. The van der Waals surface area contributed by atoms with E-state index in [4.69, 9.17) is 9.47 Å². The minimum absolute atomic E-state index is 0.322. The lowest BCUT2D eigenvalue weighted by Gasteiger charge is -2.16. The van der Waals surface area contributed by atoms with Gasteiger partial charge >= 0.3 is 0 Å². The van der Waals surface area contributed by atoms with Gasteiger partial charge in [-0.25, -0.2) is 0 Å². The van der Waals surface area contributed by atoms with E-state index in [2.05, 4.69) is 33.8 Å². The molecule has 1 heterocycles. The van der Waals surface area contributed by atoms with Crippen molar-refractivity contribution in [2.24, 2.45) is 4.99 Å². The van der Waals surface area contributed by atoms with Crippen LogP contribution in [0.15, 0.2) is 35.3 Å². The van der Waals surface area contributed by atoms with Gasteiger partial charge in [0, 0.05) is 19.6 Å². The van der Waals surface area contributed by atoms with Crippen LogP contribution in [-0.4, -0.2) is 32.4 Å². The smallest absolute Gasteiger partial charge is 0.231 e. The second-order valence-electron chi connectivity index (χ2n) is 5.22. The number of ether oxygens (including phenoxy) is 2. The number of nitrogens with one attached hydrogen (secondary N) is 2. The molecule has 0 aromatic heterocycles. The molecule has 5 heteroatoms. The standard InChI is InChI=1S/C16H21N3O2/c1-17-16(19-13-4-2-3-5-13)18-9-8-12-6-7-14-15(10-12)21-11-20-14/h2-3,6-7,10,13H,4-5,8-9,11H2,1H3,(H2,17,18,19). The maximum absolute atomic E-state index is 5.39. The lowest BCUT2D eigenvalue weighted by atomic mass is 10.1. The van der Waals surface area contributed by atoms with Crippen LogP contribution >= 0.6 is 0 Å². The van der Waals surface area contributed by atoms with Crippen LogP contribution < -0.4 is 20.1 Å².